The maximum atomic E-state index is 11.3. The second kappa shape index (κ2) is 7.35. The number of rotatable bonds is 8. The van der Waals surface area contributed by atoms with Crippen molar-refractivity contribution in [3.8, 4) is 0 Å². The molecule has 0 amide bonds. The third kappa shape index (κ3) is 5.48. The molecule has 0 radical (unpaired) electrons. The summed E-state index contributed by atoms with van der Waals surface area (Å²) < 4.78 is 27.8. The molecule has 1 aromatic rings. The molecule has 0 atom stereocenters. The highest BCUT2D eigenvalue weighted by Crippen LogP contribution is 2.13. The normalized spacial score (nSPS) is 11.4. The van der Waals surface area contributed by atoms with Crippen molar-refractivity contribution in [3.63, 3.8) is 0 Å². The zero-order valence-electron chi connectivity index (χ0n) is 10.6. The molecule has 1 aromatic carbocycles. The monoisotopic (exact) mass is 272 g/mol. The molecule has 0 aromatic heterocycles. The second-order valence-corrected chi connectivity index (χ2v) is 5.99. The molecule has 0 aliphatic rings. The van der Waals surface area contributed by atoms with Crippen molar-refractivity contribution in [2.24, 2.45) is 5.73 Å². The lowest BCUT2D eigenvalue weighted by molar-refractivity contribution is 0.141. The third-order valence-electron chi connectivity index (χ3n) is 2.34. The summed E-state index contributed by atoms with van der Waals surface area (Å²) in [7, 11) is -3.11. The van der Waals surface area contributed by atoms with Crippen LogP contribution in [0.2, 0.25) is 0 Å². The lowest BCUT2D eigenvalue weighted by Gasteiger charge is -2.07. The summed E-state index contributed by atoms with van der Waals surface area (Å²) in [5.41, 5.74) is 6.20. The standard InChI is InChI=1S/C12H20N2O3S/c1-18(15,16)12-5-3-11(4-6-12)14-8-2-9-17-10-7-13/h3-6,14H,2,7-10,13H2,1H3. The van der Waals surface area contributed by atoms with E-state index in [2.05, 4.69) is 5.32 Å². The number of hydrogen-bond donors (Lipinski definition) is 2. The van der Waals surface area contributed by atoms with E-state index in [4.69, 9.17) is 10.5 Å². The molecule has 3 N–H and O–H groups in total. The number of nitrogens with one attached hydrogen (secondary N) is 1. The highest BCUT2D eigenvalue weighted by molar-refractivity contribution is 7.90. The van der Waals surface area contributed by atoms with Gasteiger partial charge in [-0.15, -0.1) is 0 Å². The highest BCUT2D eigenvalue weighted by atomic mass is 32.2. The summed E-state index contributed by atoms with van der Waals surface area (Å²) >= 11 is 0. The predicted molar refractivity (Wildman–Crippen MR) is 72.5 cm³/mol. The Bertz CT molecular complexity index is 443. The fraction of sp³-hybridized carbons (Fsp3) is 0.500. The third-order valence-corrected chi connectivity index (χ3v) is 3.47. The van der Waals surface area contributed by atoms with Crippen molar-refractivity contribution in [1.82, 2.24) is 0 Å². The number of nitrogens with two attached hydrogens (primary N) is 1. The Kier molecular flexibility index (Phi) is 6.11. The molecule has 0 unspecified atom stereocenters. The fourth-order valence-electron chi connectivity index (χ4n) is 1.41. The van der Waals surface area contributed by atoms with Crippen LogP contribution in [0.15, 0.2) is 29.2 Å². The molecule has 0 fully saturated rings. The van der Waals surface area contributed by atoms with Crippen LogP contribution >= 0.6 is 0 Å². The van der Waals surface area contributed by atoms with Gasteiger partial charge in [-0.1, -0.05) is 0 Å². The smallest absolute Gasteiger partial charge is 0.175 e. The molecule has 1 rings (SSSR count). The SMILES string of the molecule is CS(=O)(=O)c1ccc(NCCCOCCN)cc1. The molecule has 0 aliphatic carbocycles. The molecule has 0 heterocycles. The minimum atomic E-state index is -3.11. The van der Waals surface area contributed by atoms with E-state index in [1.807, 2.05) is 0 Å². The summed E-state index contributed by atoms with van der Waals surface area (Å²) in [5.74, 6) is 0. The lowest BCUT2D eigenvalue weighted by Crippen LogP contribution is -2.11. The van der Waals surface area contributed by atoms with Crippen LogP contribution in [0.4, 0.5) is 5.69 Å². The summed E-state index contributed by atoms with van der Waals surface area (Å²) in [5, 5.41) is 3.19. The first-order valence-electron chi connectivity index (χ1n) is 5.86. The maximum absolute atomic E-state index is 11.3. The van der Waals surface area contributed by atoms with Gasteiger partial charge in [-0.05, 0) is 30.7 Å². The van der Waals surface area contributed by atoms with Crippen molar-refractivity contribution in [3.05, 3.63) is 24.3 Å². The minimum absolute atomic E-state index is 0.333. The highest BCUT2D eigenvalue weighted by Gasteiger charge is 2.05. The van der Waals surface area contributed by atoms with Crippen LogP contribution in [-0.2, 0) is 14.6 Å². The first-order chi connectivity index (χ1) is 8.54. The average Bonchev–Trinajstić information content (AvgIpc) is 2.33. The molecule has 6 heteroatoms. The number of hydrogen-bond acceptors (Lipinski definition) is 5. The average molecular weight is 272 g/mol. The van der Waals surface area contributed by atoms with Gasteiger partial charge >= 0.3 is 0 Å². The first kappa shape index (κ1) is 14.9. The van der Waals surface area contributed by atoms with Crippen molar-refractivity contribution in [2.45, 2.75) is 11.3 Å². The molecule has 0 saturated heterocycles. The predicted octanol–water partition coefficient (Wildman–Crippen LogP) is 0.867. The molecule has 0 bridgehead atoms. The second-order valence-electron chi connectivity index (χ2n) is 3.98. The molecule has 0 spiro atoms. The van der Waals surface area contributed by atoms with Gasteiger partial charge in [-0.3, -0.25) is 0 Å². The van der Waals surface area contributed by atoms with Crippen LogP contribution in [0, 0.1) is 0 Å². The van der Waals surface area contributed by atoms with Gasteiger partial charge in [0, 0.05) is 31.6 Å². The summed E-state index contributed by atoms with van der Waals surface area (Å²) in [4.78, 5) is 0.333. The fourth-order valence-corrected chi connectivity index (χ4v) is 2.04. The number of sulfone groups is 1. The molecule has 0 aliphatic heterocycles. The molecule has 102 valence electrons. The number of ether oxygens (including phenoxy) is 1. The molecular weight excluding hydrogens is 252 g/mol. The van der Waals surface area contributed by atoms with Crippen molar-refractivity contribution in [2.75, 3.05) is 37.9 Å². The van der Waals surface area contributed by atoms with Crippen LogP contribution in [0.3, 0.4) is 0 Å². The molecule has 18 heavy (non-hydrogen) atoms. The lowest BCUT2D eigenvalue weighted by atomic mass is 10.3. The largest absolute Gasteiger partial charge is 0.385 e. The Hall–Kier alpha value is -1.11. The van der Waals surface area contributed by atoms with Crippen molar-refractivity contribution in [1.29, 1.82) is 0 Å². The van der Waals surface area contributed by atoms with Gasteiger partial charge in [0.05, 0.1) is 11.5 Å². The zero-order valence-corrected chi connectivity index (χ0v) is 11.4. The van der Waals surface area contributed by atoms with Crippen LogP contribution < -0.4 is 11.1 Å². The summed E-state index contributed by atoms with van der Waals surface area (Å²) in [6.07, 6.45) is 2.08. The van der Waals surface area contributed by atoms with Gasteiger partial charge in [0.15, 0.2) is 9.84 Å². The van der Waals surface area contributed by atoms with Crippen molar-refractivity contribution >= 4 is 15.5 Å². The maximum Gasteiger partial charge on any atom is 0.175 e. The van der Waals surface area contributed by atoms with E-state index < -0.39 is 9.84 Å². The quantitative estimate of drug-likeness (QED) is 0.686. The Morgan fingerprint density at radius 3 is 2.44 bits per heavy atom. The molecule has 5 nitrogen and oxygen atoms in total. The van der Waals surface area contributed by atoms with E-state index in [0.717, 1.165) is 18.7 Å². The van der Waals surface area contributed by atoms with Gasteiger partial charge < -0.3 is 15.8 Å². The van der Waals surface area contributed by atoms with Gasteiger partial charge in [-0.2, -0.15) is 0 Å². The molecular formula is C12H20N2O3S. The summed E-state index contributed by atoms with van der Waals surface area (Å²) in [6, 6.07) is 6.72. The number of anilines is 1. The summed E-state index contributed by atoms with van der Waals surface area (Å²) in [6.45, 7) is 2.58. The van der Waals surface area contributed by atoms with Gasteiger partial charge in [0.25, 0.3) is 0 Å². The van der Waals surface area contributed by atoms with Crippen LogP contribution in [0.1, 0.15) is 6.42 Å². The Morgan fingerprint density at radius 1 is 1.22 bits per heavy atom. The van der Waals surface area contributed by atoms with Gasteiger partial charge in [-0.25, -0.2) is 8.42 Å². The zero-order chi connectivity index (χ0) is 13.4. The van der Waals surface area contributed by atoms with Crippen LogP contribution in [0.5, 0.6) is 0 Å². The topological polar surface area (TPSA) is 81.4 Å². The van der Waals surface area contributed by atoms with Gasteiger partial charge in [0.1, 0.15) is 0 Å². The van der Waals surface area contributed by atoms with Crippen LogP contribution in [0.25, 0.3) is 0 Å². The van der Waals surface area contributed by atoms with E-state index in [1.54, 1.807) is 24.3 Å². The van der Waals surface area contributed by atoms with E-state index >= 15 is 0 Å². The van der Waals surface area contributed by atoms with E-state index in [9.17, 15) is 8.42 Å². The number of benzene rings is 1. The molecule has 0 saturated carbocycles. The van der Waals surface area contributed by atoms with Crippen LogP contribution in [-0.4, -0.2) is 41.0 Å². The Labute approximate surface area is 108 Å². The van der Waals surface area contributed by atoms with E-state index in [-0.39, 0.29) is 0 Å². The van der Waals surface area contributed by atoms with Crippen molar-refractivity contribution < 1.29 is 13.2 Å². The Balaban J connectivity index is 2.32. The first-order valence-corrected chi connectivity index (χ1v) is 7.75. The van der Waals surface area contributed by atoms with E-state index in [0.29, 0.717) is 24.7 Å². The minimum Gasteiger partial charge on any atom is -0.385 e. The van der Waals surface area contributed by atoms with E-state index in [1.165, 1.54) is 6.26 Å². The van der Waals surface area contributed by atoms with Gasteiger partial charge in [0.2, 0.25) is 0 Å². The Morgan fingerprint density at radius 2 is 1.89 bits per heavy atom.